The molecule has 1 atom stereocenters. The summed E-state index contributed by atoms with van der Waals surface area (Å²) < 4.78 is 0. The van der Waals surface area contributed by atoms with Crippen LogP contribution in [0.4, 0.5) is 4.79 Å². The Morgan fingerprint density at radius 2 is 1.96 bits per heavy atom. The third-order valence-electron chi connectivity index (χ3n) is 3.53. The lowest BCUT2D eigenvalue weighted by Crippen LogP contribution is -2.43. The lowest BCUT2D eigenvalue weighted by molar-refractivity contribution is -0.142. The summed E-state index contributed by atoms with van der Waals surface area (Å²) in [5.41, 5.74) is 1.00. The molecule has 0 radical (unpaired) electrons. The molecule has 0 fully saturated rings. The highest BCUT2D eigenvalue weighted by Crippen LogP contribution is 2.02. The molecular weight excluding hydrogens is 322 g/mol. The van der Waals surface area contributed by atoms with E-state index in [4.69, 9.17) is 5.11 Å². The van der Waals surface area contributed by atoms with Crippen LogP contribution in [0.3, 0.4) is 0 Å². The minimum atomic E-state index is -1.08. The SMILES string of the molecule is C=CCCC(NC(=O)CCNC(=O)N(C)Cc1ccccc1)C(=O)O. The molecule has 0 aliphatic carbocycles. The topological polar surface area (TPSA) is 98.7 Å². The molecule has 136 valence electrons. The normalized spacial score (nSPS) is 11.2. The summed E-state index contributed by atoms with van der Waals surface area (Å²) in [5, 5.41) is 14.1. The fourth-order valence-electron chi connectivity index (χ4n) is 2.16. The van der Waals surface area contributed by atoms with Crippen LogP contribution in [0.5, 0.6) is 0 Å². The smallest absolute Gasteiger partial charge is 0.326 e. The Hall–Kier alpha value is -2.83. The molecule has 1 unspecified atom stereocenters. The van der Waals surface area contributed by atoms with E-state index in [2.05, 4.69) is 17.2 Å². The number of rotatable bonds is 10. The van der Waals surface area contributed by atoms with Gasteiger partial charge in [0.15, 0.2) is 0 Å². The summed E-state index contributed by atoms with van der Waals surface area (Å²) in [6.07, 6.45) is 2.41. The van der Waals surface area contributed by atoms with Gasteiger partial charge in [-0.05, 0) is 18.4 Å². The molecule has 0 saturated heterocycles. The molecule has 0 aliphatic rings. The summed E-state index contributed by atoms with van der Waals surface area (Å²) in [4.78, 5) is 36.3. The number of hydrogen-bond acceptors (Lipinski definition) is 3. The van der Waals surface area contributed by atoms with Crippen LogP contribution in [-0.2, 0) is 16.1 Å². The van der Waals surface area contributed by atoms with Gasteiger partial charge in [0.1, 0.15) is 6.04 Å². The molecule has 0 saturated carbocycles. The Labute approximate surface area is 147 Å². The molecule has 25 heavy (non-hydrogen) atoms. The predicted octanol–water partition coefficient (Wildman–Crippen LogP) is 1.75. The highest BCUT2D eigenvalue weighted by molar-refractivity contribution is 5.84. The number of carbonyl (C=O) groups excluding carboxylic acids is 2. The first-order valence-corrected chi connectivity index (χ1v) is 8.10. The van der Waals surface area contributed by atoms with Gasteiger partial charge < -0.3 is 20.6 Å². The van der Waals surface area contributed by atoms with Crippen molar-refractivity contribution in [3.05, 3.63) is 48.6 Å². The van der Waals surface area contributed by atoms with Crippen molar-refractivity contribution in [2.24, 2.45) is 0 Å². The molecule has 0 spiro atoms. The van der Waals surface area contributed by atoms with Gasteiger partial charge in [-0.2, -0.15) is 0 Å². The molecule has 1 rings (SSSR count). The van der Waals surface area contributed by atoms with Crippen LogP contribution in [0.25, 0.3) is 0 Å². The number of aliphatic carboxylic acids is 1. The molecule has 0 aliphatic heterocycles. The first-order chi connectivity index (χ1) is 11.9. The van der Waals surface area contributed by atoms with Gasteiger partial charge in [-0.1, -0.05) is 36.4 Å². The number of urea groups is 1. The summed E-state index contributed by atoms with van der Waals surface area (Å²) in [5.74, 6) is -1.50. The average Bonchev–Trinajstić information content (AvgIpc) is 2.59. The minimum Gasteiger partial charge on any atom is -0.480 e. The fraction of sp³-hybridized carbons (Fsp3) is 0.389. The van der Waals surface area contributed by atoms with Gasteiger partial charge in [-0.15, -0.1) is 6.58 Å². The van der Waals surface area contributed by atoms with E-state index >= 15 is 0 Å². The molecule has 3 amide bonds. The van der Waals surface area contributed by atoms with E-state index in [1.165, 1.54) is 4.90 Å². The number of benzene rings is 1. The fourth-order valence-corrected chi connectivity index (χ4v) is 2.16. The van der Waals surface area contributed by atoms with Crippen molar-refractivity contribution in [1.82, 2.24) is 15.5 Å². The summed E-state index contributed by atoms with van der Waals surface area (Å²) in [6.45, 7) is 4.13. The lowest BCUT2D eigenvalue weighted by Gasteiger charge is -2.18. The van der Waals surface area contributed by atoms with Crippen molar-refractivity contribution in [3.8, 4) is 0 Å². The van der Waals surface area contributed by atoms with E-state index in [0.29, 0.717) is 13.0 Å². The molecule has 0 aromatic heterocycles. The summed E-state index contributed by atoms with van der Waals surface area (Å²) in [7, 11) is 1.66. The molecule has 7 nitrogen and oxygen atoms in total. The molecule has 7 heteroatoms. The van der Waals surface area contributed by atoms with Crippen LogP contribution < -0.4 is 10.6 Å². The van der Waals surface area contributed by atoms with Crippen LogP contribution in [0.15, 0.2) is 43.0 Å². The highest BCUT2D eigenvalue weighted by atomic mass is 16.4. The van der Waals surface area contributed by atoms with E-state index in [9.17, 15) is 14.4 Å². The van der Waals surface area contributed by atoms with Crippen LogP contribution in [0, 0.1) is 0 Å². The first-order valence-electron chi connectivity index (χ1n) is 8.10. The number of nitrogens with one attached hydrogen (secondary N) is 2. The maximum atomic E-state index is 12.0. The van der Waals surface area contributed by atoms with Gasteiger partial charge in [0.25, 0.3) is 0 Å². The standard InChI is InChI=1S/C18H25N3O4/c1-3-4-10-15(17(23)24)20-16(22)11-12-19-18(25)21(2)13-14-8-6-5-7-9-14/h3,5-9,15H,1,4,10-13H2,2H3,(H,19,25)(H,20,22)(H,23,24). The zero-order valence-electron chi connectivity index (χ0n) is 14.4. The van der Waals surface area contributed by atoms with Crippen molar-refractivity contribution < 1.29 is 19.5 Å². The molecule has 0 bridgehead atoms. The average molecular weight is 347 g/mol. The summed E-state index contributed by atoms with van der Waals surface area (Å²) in [6, 6.07) is 8.31. The van der Waals surface area contributed by atoms with Crippen molar-refractivity contribution in [2.45, 2.75) is 31.8 Å². The maximum Gasteiger partial charge on any atom is 0.326 e. The van der Waals surface area contributed by atoms with E-state index in [1.54, 1.807) is 13.1 Å². The van der Waals surface area contributed by atoms with Gasteiger partial charge in [-0.25, -0.2) is 9.59 Å². The summed E-state index contributed by atoms with van der Waals surface area (Å²) >= 11 is 0. The van der Waals surface area contributed by atoms with E-state index in [1.807, 2.05) is 30.3 Å². The number of hydrogen-bond donors (Lipinski definition) is 3. The zero-order valence-corrected chi connectivity index (χ0v) is 14.4. The van der Waals surface area contributed by atoms with E-state index in [-0.39, 0.29) is 25.4 Å². The number of allylic oxidation sites excluding steroid dienone is 1. The maximum absolute atomic E-state index is 12.0. The first kappa shape index (κ1) is 20.2. The quantitative estimate of drug-likeness (QED) is 0.562. The van der Waals surface area contributed by atoms with Crippen molar-refractivity contribution in [2.75, 3.05) is 13.6 Å². The minimum absolute atomic E-state index is 0.0167. The van der Waals surface area contributed by atoms with Gasteiger partial charge in [0, 0.05) is 26.6 Å². The van der Waals surface area contributed by atoms with Gasteiger partial charge in [-0.3, -0.25) is 4.79 Å². The Kier molecular flexibility index (Phi) is 8.78. The molecular formula is C18H25N3O4. The second kappa shape index (κ2) is 10.9. The van der Waals surface area contributed by atoms with Crippen LogP contribution in [0.1, 0.15) is 24.8 Å². The third kappa shape index (κ3) is 8.01. The number of amides is 3. The lowest BCUT2D eigenvalue weighted by atomic mass is 10.1. The van der Waals surface area contributed by atoms with Gasteiger partial charge in [0.2, 0.25) is 5.91 Å². The highest BCUT2D eigenvalue weighted by Gasteiger charge is 2.19. The Balaban J connectivity index is 2.32. The molecule has 1 aromatic rings. The number of carboxylic acids is 1. The van der Waals surface area contributed by atoms with E-state index in [0.717, 1.165) is 5.56 Å². The molecule has 0 heterocycles. The number of carboxylic acid groups (broad SMARTS) is 1. The zero-order chi connectivity index (χ0) is 18.7. The third-order valence-corrected chi connectivity index (χ3v) is 3.53. The number of carbonyl (C=O) groups is 3. The van der Waals surface area contributed by atoms with Crippen LogP contribution in [0.2, 0.25) is 0 Å². The number of nitrogens with zero attached hydrogens (tertiary/aromatic N) is 1. The van der Waals surface area contributed by atoms with Crippen molar-refractivity contribution in [1.29, 1.82) is 0 Å². The van der Waals surface area contributed by atoms with Crippen molar-refractivity contribution in [3.63, 3.8) is 0 Å². The van der Waals surface area contributed by atoms with E-state index < -0.39 is 17.9 Å². The Morgan fingerprint density at radius 3 is 2.56 bits per heavy atom. The molecule has 1 aromatic carbocycles. The van der Waals surface area contributed by atoms with Gasteiger partial charge >= 0.3 is 12.0 Å². The second-order valence-corrected chi connectivity index (χ2v) is 5.65. The Bertz CT molecular complexity index is 589. The predicted molar refractivity (Wildman–Crippen MR) is 94.9 cm³/mol. The van der Waals surface area contributed by atoms with Crippen molar-refractivity contribution >= 4 is 17.9 Å². The Morgan fingerprint density at radius 1 is 1.28 bits per heavy atom. The molecule has 3 N–H and O–H groups in total. The van der Waals surface area contributed by atoms with Gasteiger partial charge in [0.05, 0.1) is 0 Å². The van der Waals surface area contributed by atoms with Crippen LogP contribution in [-0.4, -0.2) is 47.5 Å². The monoisotopic (exact) mass is 347 g/mol. The largest absolute Gasteiger partial charge is 0.480 e. The second-order valence-electron chi connectivity index (χ2n) is 5.65. The van der Waals surface area contributed by atoms with Crippen LogP contribution >= 0.6 is 0 Å².